The smallest absolute Gasteiger partial charge is 0.375 e. The standard InChI is InChI=1S/C15H14ClF3N2O/c1-9-7-21-13(8-20-9)14(22,15(17,18)19)10(2)11-5-3-4-6-12(11)16/h3-8,10,22H,1-2H3. The summed E-state index contributed by atoms with van der Waals surface area (Å²) in [6.07, 6.45) is -2.81. The lowest BCUT2D eigenvalue weighted by molar-refractivity contribution is -0.276. The molecule has 0 amide bonds. The van der Waals surface area contributed by atoms with Gasteiger partial charge in [-0.05, 0) is 18.6 Å². The van der Waals surface area contributed by atoms with Gasteiger partial charge in [0.1, 0.15) is 5.69 Å². The summed E-state index contributed by atoms with van der Waals surface area (Å²) in [7, 11) is 0. The summed E-state index contributed by atoms with van der Waals surface area (Å²) in [6, 6.07) is 6.10. The van der Waals surface area contributed by atoms with Gasteiger partial charge in [-0.2, -0.15) is 13.2 Å². The quantitative estimate of drug-likeness (QED) is 0.925. The van der Waals surface area contributed by atoms with E-state index in [2.05, 4.69) is 9.97 Å². The Morgan fingerprint density at radius 2 is 1.77 bits per heavy atom. The van der Waals surface area contributed by atoms with Crippen molar-refractivity contribution < 1.29 is 18.3 Å². The van der Waals surface area contributed by atoms with Crippen molar-refractivity contribution in [2.24, 2.45) is 0 Å². The van der Waals surface area contributed by atoms with Crippen LogP contribution in [0.2, 0.25) is 5.02 Å². The molecule has 0 saturated heterocycles. The monoisotopic (exact) mass is 330 g/mol. The number of hydrogen-bond donors (Lipinski definition) is 1. The lowest BCUT2D eigenvalue weighted by atomic mass is 9.80. The number of alkyl halides is 3. The number of benzene rings is 1. The highest BCUT2D eigenvalue weighted by molar-refractivity contribution is 6.31. The Kier molecular flexibility index (Phi) is 4.44. The third kappa shape index (κ3) is 2.80. The molecule has 1 N–H and O–H groups in total. The maximum Gasteiger partial charge on any atom is 0.423 e. The van der Waals surface area contributed by atoms with Crippen LogP contribution in [0.1, 0.15) is 29.8 Å². The second kappa shape index (κ2) is 5.85. The number of nitrogens with zero attached hydrogens (tertiary/aromatic N) is 2. The molecule has 2 atom stereocenters. The first kappa shape index (κ1) is 16.7. The summed E-state index contributed by atoms with van der Waals surface area (Å²) in [5.41, 5.74) is -3.10. The van der Waals surface area contributed by atoms with Crippen LogP contribution in [0.4, 0.5) is 13.2 Å². The molecule has 1 heterocycles. The molecule has 0 bridgehead atoms. The van der Waals surface area contributed by atoms with Crippen molar-refractivity contribution in [2.75, 3.05) is 0 Å². The van der Waals surface area contributed by atoms with Gasteiger partial charge in [-0.1, -0.05) is 36.7 Å². The predicted octanol–water partition coefficient (Wildman–Crippen LogP) is 3.99. The van der Waals surface area contributed by atoms with Crippen LogP contribution in [0.5, 0.6) is 0 Å². The fourth-order valence-corrected chi connectivity index (χ4v) is 2.55. The van der Waals surface area contributed by atoms with Gasteiger partial charge in [0.05, 0.1) is 11.9 Å². The molecule has 0 spiro atoms. The van der Waals surface area contributed by atoms with Gasteiger partial charge in [0.15, 0.2) is 0 Å². The van der Waals surface area contributed by atoms with Gasteiger partial charge in [-0.3, -0.25) is 9.97 Å². The molecular weight excluding hydrogens is 317 g/mol. The molecule has 3 nitrogen and oxygen atoms in total. The molecule has 2 aromatic rings. The van der Waals surface area contributed by atoms with Crippen LogP contribution < -0.4 is 0 Å². The number of aliphatic hydroxyl groups is 1. The number of rotatable bonds is 3. The number of hydrogen-bond acceptors (Lipinski definition) is 3. The van der Waals surface area contributed by atoms with Crippen LogP contribution in [0, 0.1) is 6.92 Å². The number of aryl methyl sites for hydroxylation is 1. The van der Waals surface area contributed by atoms with Crippen molar-refractivity contribution in [1.82, 2.24) is 9.97 Å². The molecule has 0 saturated carbocycles. The minimum absolute atomic E-state index is 0.151. The molecule has 0 aliphatic heterocycles. The summed E-state index contributed by atoms with van der Waals surface area (Å²) in [4.78, 5) is 7.52. The molecule has 7 heteroatoms. The zero-order valence-electron chi connectivity index (χ0n) is 11.9. The Balaban J connectivity index is 2.60. The van der Waals surface area contributed by atoms with Crippen LogP contribution in [0.3, 0.4) is 0 Å². The highest BCUT2D eigenvalue weighted by atomic mass is 35.5. The molecule has 0 aliphatic carbocycles. The molecule has 0 radical (unpaired) electrons. The summed E-state index contributed by atoms with van der Waals surface area (Å²) in [6.45, 7) is 2.86. The van der Waals surface area contributed by atoms with Crippen molar-refractivity contribution in [3.05, 3.63) is 58.6 Å². The van der Waals surface area contributed by atoms with E-state index in [-0.39, 0.29) is 10.6 Å². The van der Waals surface area contributed by atoms with Crippen LogP contribution in [-0.4, -0.2) is 21.3 Å². The first-order valence-electron chi connectivity index (χ1n) is 6.50. The SMILES string of the molecule is Cc1cnc(C(O)(C(C)c2ccccc2Cl)C(F)(F)F)cn1. The van der Waals surface area contributed by atoms with Crippen molar-refractivity contribution in [1.29, 1.82) is 0 Å². The van der Waals surface area contributed by atoms with Crippen molar-refractivity contribution in [3.8, 4) is 0 Å². The fourth-order valence-electron chi connectivity index (χ4n) is 2.25. The van der Waals surface area contributed by atoms with Crippen molar-refractivity contribution >= 4 is 11.6 Å². The van der Waals surface area contributed by atoms with Crippen LogP contribution in [0.25, 0.3) is 0 Å². The highest BCUT2D eigenvalue weighted by Gasteiger charge is 2.60. The largest absolute Gasteiger partial charge is 0.423 e. The third-order valence-electron chi connectivity index (χ3n) is 3.60. The summed E-state index contributed by atoms with van der Waals surface area (Å²) >= 11 is 5.97. The van der Waals surface area contributed by atoms with E-state index in [9.17, 15) is 18.3 Å². The zero-order chi connectivity index (χ0) is 16.5. The molecule has 2 unspecified atom stereocenters. The van der Waals surface area contributed by atoms with Gasteiger partial charge in [0.25, 0.3) is 0 Å². The van der Waals surface area contributed by atoms with E-state index in [0.717, 1.165) is 6.20 Å². The normalized spacial score (nSPS) is 16.1. The Labute approximate surface area is 130 Å². The lowest BCUT2D eigenvalue weighted by Gasteiger charge is -2.35. The summed E-state index contributed by atoms with van der Waals surface area (Å²) in [5, 5.41) is 10.6. The van der Waals surface area contributed by atoms with E-state index in [1.165, 1.54) is 25.3 Å². The van der Waals surface area contributed by atoms with E-state index in [4.69, 9.17) is 11.6 Å². The average Bonchev–Trinajstić information content (AvgIpc) is 2.46. The van der Waals surface area contributed by atoms with Crippen LogP contribution >= 0.6 is 11.6 Å². The molecule has 0 aliphatic rings. The first-order chi connectivity index (χ1) is 10.2. The molecule has 118 valence electrons. The van der Waals surface area contributed by atoms with Crippen molar-refractivity contribution in [3.63, 3.8) is 0 Å². The minimum atomic E-state index is -4.93. The molecule has 1 aromatic heterocycles. The molecular formula is C15H14ClF3N2O. The Morgan fingerprint density at radius 3 is 2.27 bits per heavy atom. The molecule has 1 aromatic carbocycles. The van der Waals surface area contributed by atoms with E-state index >= 15 is 0 Å². The Bertz CT molecular complexity index is 661. The molecule has 22 heavy (non-hydrogen) atoms. The van der Waals surface area contributed by atoms with Gasteiger partial charge in [0, 0.05) is 17.1 Å². The average molecular weight is 331 g/mol. The first-order valence-corrected chi connectivity index (χ1v) is 6.88. The van der Waals surface area contributed by atoms with Crippen molar-refractivity contribution in [2.45, 2.75) is 31.5 Å². The molecule has 2 rings (SSSR count). The van der Waals surface area contributed by atoms with Gasteiger partial charge in [-0.25, -0.2) is 0 Å². The van der Waals surface area contributed by atoms with Gasteiger partial charge < -0.3 is 5.11 Å². The van der Waals surface area contributed by atoms with Crippen LogP contribution in [-0.2, 0) is 5.60 Å². The van der Waals surface area contributed by atoms with Gasteiger partial charge >= 0.3 is 6.18 Å². The second-order valence-electron chi connectivity index (χ2n) is 5.05. The van der Waals surface area contributed by atoms with E-state index in [1.54, 1.807) is 19.1 Å². The van der Waals surface area contributed by atoms with Gasteiger partial charge in [-0.15, -0.1) is 0 Å². The van der Waals surface area contributed by atoms with Gasteiger partial charge in [0.2, 0.25) is 5.60 Å². The summed E-state index contributed by atoms with van der Waals surface area (Å²) < 4.78 is 40.8. The number of halogens is 4. The highest BCUT2D eigenvalue weighted by Crippen LogP contribution is 2.48. The maximum atomic E-state index is 13.6. The van der Waals surface area contributed by atoms with E-state index in [0.29, 0.717) is 5.69 Å². The predicted molar refractivity (Wildman–Crippen MR) is 76.6 cm³/mol. The fraction of sp³-hybridized carbons (Fsp3) is 0.333. The lowest BCUT2D eigenvalue weighted by Crippen LogP contribution is -2.47. The minimum Gasteiger partial charge on any atom is -0.375 e. The summed E-state index contributed by atoms with van der Waals surface area (Å²) in [5.74, 6) is -1.35. The zero-order valence-corrected chi connectivity index (χ0v) is 12.7. The Morgan fingerprint density at radius 1 is 1.14 bits per heavy atom. The van der Waals surface area contributed by atoms with E-state index in [1.807, 2.05) is 0 Å². The van der Waals surface area contributed by atoms with E-state index < -0.39 is 23.4 Å². The number of aromatic nitrogens is 2. The second-order valence-corrected chi connectivity index (χ2v) is 5.46. The third-order valence-corrected chi connectivity index (χ3v) is 3.95. The molecule has 0 fully saturated rings. The topological polar surface area (TPSA) is 46.0 Å². The maximum absolute atomic E-state index is 13.6. The Hall–Kier alpha value is -1.66. The van der Waals surface area contributed by atoms with Crippen LogP contribution in [0.15, 0.2) is 36.7 Å².